The zero-order valence-corrected chi connectivity index (χ0v) is 14.7. The van der Waals surface area contributed by atoms with Gasteiger partial charge in [0.15, 0.2) is 5.79 Å². The van der Waals surface area contributed by atoms with E-state index in [9.17, 15) is 10.2 Å². The van der Waals surface area contributed by atoms with Crippen molar-refractivity contribution in [2.45, 2.75) is 83.2 Å². The lowest BCUT2D eigenvalue weighted by molar-refractivity contribution is -0.275. The van der Waals surface area contributed by atoms with E-state index in [0.717, 1.165) is 44.4 Å². The molecule has 1 heterocycles. The highest BCUT2D eigenvalue weighted by atomic mass is 16.7. The molecule has 5 atom stereocenters. The number of hydrogen-bond acceptors (Lipinski definition) is 4. The zero-order chi connectivity index (χ0) is 16.4. The third-order valence-electron chi connectivity index (χ3n) is 6.79. The highest BCUT2D eigenvalue weighted by Crippen LogP contribution is 2.59. The lowest BCUT2D eigenvalue weighted by Gasteiger charge is -2.48. The van der Waals surface area contributed by atoms with E-state index in [2.05, 4.69) is 13.8 Å². The monoisotopic (exact) mass is 326 g/mol. The standard InChI is InChI=1S/C19H34O4/c1-3-13(4-2)5-7-15(20)8-6-14-11-17-16(18(14)21)12-19(17)22-9-10-23-19/h13-18,20-21H,3-12H2,1-2H3. The Kier molecular flexibility index (Phi) is 5.67. The van der Waals surface area contributed by atoms with Crippen molar-refractivity contribution in [2.24, 2.45) is 23.7 Å². The minimum Gasteiger partial charge on any atom is -0.393 e. The Bertz CT molecular complexity index is 376. The first kappa shape index (κ1) is 17.7. The molecule has 0 aromatic rings. The predicted octanol–water partition coefficient (Wildman–Crippen LogP) is 3.10. The zero-order valence-electron chi connectivity index (χ0n) is 14.7. The fourth-order valence-electron chi connectivity index (χ4n) is 5.08. The number of hydrogen-bond donors (Lipinski definition) is 2. The normalized spacial score (nSPS) is 36.4. The van der Waals surface area contributed by atoms with Gasteiger partial charge in [0.2, 0.25) is 0 Å². The lowest BCUT2D eigenvalue weighted by atomic mass is 9.69. The molecule has 4 heteroatoms. The summed E-state index contributed by atoms with van der Waals surface area (Å²) in [4.78, 5) is 0. The van der Waals surface area contributed by atoms with Gasteiger partial charge in [-0.05, 0) is 49.9 Å². The van der Waals surface area contributed by atoms with Crippen molar-refractivity contribution in [3.05, 3.63) is 0 Å². The predicted molar refractivity (Wildman–Crippen MR) is 88.9 cm³/mol. The van der Waals surface area contributed by atoms with E-state index in [4.69, 9.17) is 9.47 Å². The van der Waals surface area contributed by atoms with Crippen molar-refractivity contribution in [1.82, 2.24) is 0 Å². The van der Waals surface area contributed by atoms with Crippen LogP contribution >= 0.6 is 0 Å². The Morgan fingerprint density at radius 1 is 1.09 bits per heavy atom. The number of ether oxygens (including phenoxy) is 2. The minimum absolute atomic E-state index is 0.214. The van der Waals surface area contributed by atoms with E-state index in [1.54, 1.807) is 0 Å². The second kappa shape index (κ2) is 7.38. The van der Waals surface area contributed by atoms with Crippen LogP contribution < -0.4 is 0 Å². The van der Waals surface area contributed by atoms with Gasteiger partial charge in [-0.15, -0.1) is 0 Å². The first-order valence-corrected chi connectivity index (χ1v) is 9.73. The molecule has 5 unspecified atom stereocenters. The van der Waals surface area contributed by atoms with Crippen molar-refractivity contribution in [1.29, 1.82) is 0 Å². The number of fused-ring (bicyclic) bond motifs is 2. The molecule has 2 saturated carbocycles. The van der Waals surface area contributed by atoms with Crippen LogP contribution in [0.5, 0.6) is 0 Å². The molecule has 2 aliphatic carbocycles. The number of rotatable bonds is 8. The van der Waals surface area contributed by atoms with Gasteiger partial charge in [-0.2, -0.15) is 0 Å². The Balaban J connectivity index is 1.41. The fourth-order valence-corrected chi connectivity index (χ4v) is 5.08. The molecular formula is C19H34O4. The SMILES string of the molecule is CCC(CC)CCC(O)CCC1CC2C(CC23OCCO3)C1O. The van der Waals surface area contributed by atoms with Crippen LogP contribution in [0.4, 0.5) is 0 Å². The van der Waals surface area contributed by atoms with Gasteiger partial charge in [-0.3, -0.25) is 0 Å². The summed E-state index contributed by atoms with van der Waals surface area (Å²) in [6.45, 7) is 5.85. The van der Waals surface area contributed by atoms with E-state index >= 15 is 0 Å². The topological polar surface area (TPSA) is 58.9 Å². The molecule has 0 amide bonds. The van der Waals surface area contributed by atoms with E-state index in [1.807, 2.05) is 0 Å². The number of aliphatic hydroxyl groups excluding tert-OH is 2. The quantitative estimate of drug-likeness (QED) is 0.719. The van der Waals surface area contributed by atoms with Gasteiger partial charge in [0.25, 0.3) is 0 Å². The molecule has 4 nitrogen and oxygen atoms in total. The van der Waals surface area contributed by atoms with Crippen LogP contribution in [-0.2, 0) is 9.47 Å². The van der Waals surface area contributed by atoms with Crippen LogP contribution in [0, 0.1) is 23.7 Å². The summed E-state index contributed by atoms with van der Waals surface area (Å²) in [6.07, 6.45) is 7.57. The molecule has 3 rings (SSSR count). The Hall–Kier alpha value is -0.160. The first-order valence-electron chi connectivity index (χ1n) is 9.73. The van der Waals surface area contributed by atoms with Crippen molar-refractivity contribution >= 4 is 0 Å². The summed E-state index contributed by atoms with van der Waals surface area (Å²) >= 11 is 0. The van der Waals surface area contributed by atoms with Crippen molar-refractivity contribution in [3.63, 3.8) is 0 Å². The van der Waals surface area contributed by atoms with Crippen molar-refractivity contribution in [3.8, 4) is 0 Å². The van der Waals surface area contributed by atoms with Gasteiger partial charge in [-0.1, -0.05) is 26.7 Å². The van der Waals surface area contributed by atoms with Gasteiger partial charge in [0, 0.05) is 12.3 Å². The van der Waals surface area contributed by atoms with Crippen LogP contribution in [0.3, 0.4) is 0 Å². The minimum atomic E-state index is -0.367. The average molecular weight is 326 g/mol. The van der Waals surface area contributed by atoms with Gasteiger partial charge < -0.3 is 19.7 Å². The summed E-state index contributed by atoms with van der Waals surface area (Å²) in [7, 11) is 0. The van der Waals surface area contributed by atoms with Gasteiger partial charge in [-0.25, -0.2) is 0 Å². The van der Waals surface area contributed by atoms with Gasteiger partial charge in [0.05, 0.1) is 25.4 Å². The summed E-state index contributed by atoms with van der Waals surface area (Å²) in [6, 6.07) is 0. The molecule has 3 fully saturated rings. The smallest absolute Gasteiger partial charge is 0.172 e. The van der Waals surface area contributed by atoms with Crippen LogP contribution in [0.25, 0.3) is 0 Å². The van der Waals surface area contributed by atoms with E-state index in [1.165, 1.54) is 12.8 Å². The van der Waals surface area contributed by atoms with E-state index < -0.39 is 0 Å². The van der Waals surface area contributed by atoms with Gasteiger partial charge >= 0.3 is 0 Å². The third kappa shape index (κ3) is 3.46. The molecule has 1 aliphatic heterocycles. The molecule has 0 aromatic carbocycles. The van der Waals surface area contributed by atoms with Crippen LogP contribution in [0.2, 0.25) is 0 Å². The summed E-state index contributed by atoms with van der Waals surface area (Å²) in [5, 5.41) is 20.8. The largest absolute Gasteiger partial charge is 0.393 e. The van der Waals surface area contributed by atoms with Crippen LogP contribution in [-0.4, -0.2) is 41.4 Å². The maximum atomic E-state index is 10.5. The highest BCUT2D eigenvalue weighted by Gasteiger charge is 2.64. The van der Waals surface area contributed by atoms with Gasteiger partial charge in [0.1, 0.15) is 0 Å². The molecule has 1 spiro atoms. The van der Waals surface area contributed by atoms with E-state index in [-0.39, 0.29) is 18.0 Å². The molecule has 0 aromatic heterocycles. The maximum absolute atomic E-state index is 10.5. The molecule has 23 heavy (non-hydrogen) atoms. The second-order valence-corrected chi connectivity index (χ2v) is 7.96. The highest BCUT2D eigenvalue weighted by molar-refractivity contribution is 5.08. The van der Waals surface area contributed by atoms with Crippen molar-refractivity contribution in [2.75, 3.05) is 13.2 Å². The molecule has 2 N–H and O–H groups in total. The Morgan fingerprint density at radius 3 is 2.43 bits per heavy atom. The molecule has 1 saturated heterocycles. The van der Waals surface area contributed by atoms with Crippen molar-refractivity contribution < 1.29 is 19.7 Å². The summed E-state index contributed by atoms with van der Waals surface area (Å²) in [5.41, 5.74) is 0. The second-order valence-electron chi connectivity index (χ2n) is 7.96. The lowest BCUT2D eigenvalue weighted by Crippen LogP contribution is -2.54. The third-order valence-corrected chi connectivity index (χ3v) is 6.79. The maximum Gasteiger partial charge on any atom is 0.172 e. The molecule has 0 radical (unpaired) electrons. The first-order chi connectivity index (χ1) is 11.1. The van der Waals surface area contributed by atoms with Crippen LogP contribution in [0.1, 0.15) is 65.2 Å². The fraction of sp³-hybridized carbons (Fsp3) is 1.00. The Morgan fingerprint density at radius 2 is 1.78 bits per heavy atom. The van der Waals surface area contributed by atoms with E-state index in [0.29, 0.717) is 31.0 Å². The molecule has 3 aliphatic rings. The number of aliphatic hydroxyl groups is 2. The Labute approximate surface area is 140 Å². The molecule has 0 bridgehead atoms. The molecule has 134 valence electrons. The average Bonchev–Trinajstić information content (AvgIpc) is 3.13. The summed E-state index contributed by atoms with van der Waals surface area (Å²) in [5.74, 6) is 1.40. The summed E-state index contributed by atoms with van der Waals surface area (Å²) < 4.78 is 11.6. The van der Waals surface area contributed by atoms with Crippen LogP contribution in [0.15, 0.2) is 0 Å². The molecular weight excluding hydrogens is 292 g/mol.